The van der Waals surface area contributed by atoms with Crippen molar-refractivity contribution < 1.29 is 4.74 Å². The molecule has 0 amide bonds. The van der Waals surface area contributed by atoms with Crippen molar-refractivity contribution in [2.75, 3.05) is 12.8 Å². The summed E-state index contributed by atoms with van der Waals surface area (Å²) in [7, 11) is 1.56. The zero-order chi connectivity index (χ0) is 13.7. The summed E-state index contributed by atoms with van der Waals surface area (Å²) in [5, 5.41) is 9.03. The van der Waals surface area contributed by atoms with Gasteiger partial charge in [0.15, 0.2) is 0 Å². The molecule has 5 heteroatoms. The van der Waals surface area contributed by atoms with Gasteiger partial charge in [-0.3, -0.25) is 0 Å². The molecule has 2 N–H and O–H groups in total. The monoisotopic (exact) mass is 271 g/mol. The minimum absolute atomic E-state index is 0.514. The van der Waals surface area contributed by atoms with Crippen molar-refractivity contribution in [3.8, 4) is 11.8 Å². The molecule has 0 bridgehead atoms. The predicted molar refractivity (Wildman–Crippen MR) is 75.9 cm³/mol. The predicted octanol–water partition coefficient (Wildman–Crippen LogP) is 2.84. The molecule has 2 rings (SSSR count). The SMILES string of the molecule is COc1ccc(CSc2ccc(N)nc2)cc1C#N. The van der Waals surface area contributed by atoms with Gasteiger partial charge in [0.05, 0.1) is 12.7 Å². The number of hydrogen-bond acceptors (Lipinski definition) is 5. The van der Waals surface area contributed by atoms with E-state index in [0.717, 1.165) is 16.2 Å². The van der Waals surface area contributed by atoms with E-state index in [1.165, 1.54) is 0 Å². The molecule has 0 aliphatic carbocycles. The van der Waals surface area contributed by atoms with Crippen molar-refractivity contribution in [3.05, 3.63) is 47.7 Å². The second-order valence-corrected chi connectivity index (χ2v) is 4.90. The van der Waals surface area contributed by atoms with Crippen molar-refractivity contribution in [2.24, 2.45) is 0 Å². The van der Waals surface area contributed by atoms with Crippen molar-refractivity contribution in [3.63, 3.8) is 0 Å². The standard InChI is InChI=1S/C14H13N3OS/c1-18-13-4-2-10(6-11(13)7-15)9-19-12-3-5-14(16)17-8-12/h2-6,8H,9H2,1H3,(H2,16,17). The molecule has 0 saturated heterocycles. The van der Waals surface area contributed by atoms with Gasteiger partial charge in [0.1, 0.15) is 17.6 Å². The van der Waals surface area contributed by atoms with Gasteiger partial charge in [-0.2, -0.15) is 5.26 Å². The van der Waals surface area contributed by atoms with E-state index in [2.05, 4.69) is 11.1 Å². The first-order valence-corrected chi connectivity index (χ1v) is 6.63. The molecular weight excluding hydrogens is 258 g/mol. The Morgan fingerprint density at radius 3 is 2.84 bits per heavy atom. The van der Waals surface area contributed by atoms with Crippen LogP contribution < -0.4 is 10.5 Å². The summed E-state index contributed by atoms with van der Waals surface area (Å²) < 4.78 is 5.11. The Morgan fingerprint density at radius 1 is 1.37 bits per heavy atom. The van der Waals surface area contributed by atoms with E-state index in [9.17, 15) is 0 Å². The highest BCUT2D eigenvalue weighted by molar-refractivity contribution is 7.98. The summed E-state index contributed by atoms with van der Waals surface area (Å²) in [5.41, 5.74) is 7.15. The number of thioether (sulfide) groups is 1. The van der Waals surface area contributed by atoms with Crippen LogP contribution in [0.2, 0.25) is 0 Å². The largest absolute Gasteiger partial charge is 0.495 e. The van der Waals surface area contributed by atoms with E-state index in [1.807, 2.05) is 24.3 Å². The molecule has 96 valence electrons. The van der Waals surface area contributed by atoms with Gasteiger partial charge in [0.25, 0.3) is 0 Å². The molecule has 1 aromatic carbocycles. The molecule has 0 spiro atoms. The van der Waals surface area contributed by atoms with Crippen LogP contribution in [0.15, 0.2) is 41.4 Å². The van der Waals surface area contributed by atoms with E-state index < -0.39 is 0 Å². The summed E-state index contributed by atoms with van der Waals surface area (Å²) in [6.07, 6.45) is 1.74. The second kappa shape index (κ2) is 6.12. The maximum Gasteiger partial charge on any atom is 0.136 e. The van der Waals surface area contributed by atoms with Crippen molar-refractivity contribution in [1.29, 1.82) is 5.26 Å². The molecular formula is C14H13N3OS. The third kappa shape index (κ3) is 3.39. The number of methoxy groups -OCH3 is 1. The van der Waals surface area contributed by atoms with Crippen LogP contribution in [-0.4, -0.2) is 12.1 Å². The average Bonchev–Trinajstić information content (AvgIpc) is 2.46. The van der Waals surface area contributed by atoms with Gasteiger partial charge in [-0.25, -0.2) is 4.98 Å². The Labute approximate surface area is 116 Å². The number of nitrogens with two attached hydrogens (primary N) is 1. The molecule has 0 aliphatic rings. The van der Waals surface area contributed by atoms with Crippen LogP contribution in [0.5, 0.6) is 5.75 Å². The quantitative estimate of drug-likeness (QED) is 0.866. The lowest BCUT2D eigenvalue weighted by Gasteiger charge is -2.06. The molecule has 1 aromatic heterocycles. The topological polar surface area (TPSA) is 71.9 Å². The van der Waals surface area contributed by atoms with Gasteiger partial charge in [0, 0.05) is 16.8 Å². The van der Waals surface area contributed by atoms with E-state index in [0.29, 0.717) is 17.1 Å². The van der Waals surface area contributed by atoms with Gasteiger partial charge >= 0.3 is 0 Å². The lowest BCUT2D eigenvalue weighted by molar-refractivity contribution is 0.413. The highest BCUT2D eigenvalue weighted by Gasteiger charge is 2.04. The van der Waals surface area contributed by atoms with Crippen LogP contribution in [0.3, 0.4) is 0 Å². The first-order valence-electron chi connectivity index (χ1n) is 5.64. The minimum Gasteiger partial charge on any atom is -0.495 e. The number of aromatic nitrogens is 1. The van der Waals surface area contributed by atoms with Crippen molar-refractivity contribution in [2.45, 2.75) is 10.6 Å². The van der Waals surface area contributed by atoms with Gasteiger partial charge < -0.3 is 10.5 Å². The fourth-order valence-electron chi connectivity index (χ4n) is 1.58. The van der Waals surface area contributed by atoms with Crippen LogP contribution >= 0.6 is 11.8 Å². The maximum absolute atomic E-state index is 9.03. The average molecular weight is 271 g/mol. The molecule has 1 heterocycles. The van der Waals surface area contributed by atoms with Gasteiger partial charge in [-0.05, 0) is 29.8 Å². The van der Waals surface area contributed by atoms with Crippen molar-refractivity contribution >= 4 is 17.6 Å². The molecule has 0 unspecified atom stereocenters. The third-order valence-corrected chi connectivity index (χ3v) is 3.60. The summed E-state index contributed by atoms with van der Waals surface area (Å²) in [6, 6.07) is 11.5. The summed E-state index contributed by atoms with van der Waals surface area (Å²) in [4.78, 5) is 5.08. The van der Waals surface area contributed by atoms with E-state index >= 15 is 0 Å². The molecule has 2 aromatic rings. The van der Waals surface area contributed by atoms with Gasteiger partial charge in [-0.15, -0.1) is 11.8 Å². The van der Waals surface area contributed by atoms with E-state index in [-0.39, 0.29) is 0 Å². The van der Waals surface area contributed by atoms with Crippen LogP contribution in [-0.2, 0) is 5.75 Å². The maximum atomic E-state index is 9.03. The second-order valence-electron chi connectivity index (χ2n) is 3.85. The summed E-state index contributed by atoms with van der Waals surface area (Å²) in [6.45, 7) is 0. The fourth-order valence-corrected chi connectivity index (χ4v) is 2.38. The number of hydrogen-bond donors (Lipinski definition) is 1. The number of nitriles is 1. The lowest BCUT2D eigenvalue weighted by atomic mass is 10.1. The minimum atomic E-state index is 0.514. The van der Waals surface area contributed by atoms with Crippen LogP contribution in [0.1, 0.15) is 11.1 Å². The number of anilines is 1. The van der Waals surface area contributed by atoms with Gasteiger partial charge in [0.2, 0.25) is 0 Å². The number of ether oxygens (including phenoxy) is 1. The number of nitrogen functional groups attached to an aromatic ring is 1. The Bertz CT molecular complexity index is 605. The first kappa shape index (κ1) is 13.2. The number of pyridine rings is 1. The molecule has 0 radical (unpaired) electrons. The normalized spacial score (nSPS) is 9.89. The summed E-state index contributed by atoms with van der Waals surface area (Å²) in [5.74, 6) is 1.88. The first-order chi connectivity index (χ1) is 9.22. The summed E-state index contributed by atoms with van der Waals surface area (Å²) >= 11 is 1.65. The third-order valence-electron chi connectivity index (χ3n) is 2.55. The van der Waals surface area contributed by atoms with E-state index in [4.69, 9.17) is 15.7 Å². The Morgan fingerprint density at radius 2 is 2.21 bits per heavy atom. The molecule has 0 atom stereocenters. The van der Waals surface area contributed by atoms with Gasteiger partial charge in [-0.1, -0.05) is 6.07 Å². The number of benzene rings is 1. The molecule has 19 heavy (non-hydrogen) atoms. The highest BCUT2D eigenvalue weighted by atomic mass is 32.2. The Balaban J connectivity index is 2.08. The Hall–Kier alpha value is -2.19. The molecule has 0 aliphatic heterocycles. The Kier molecular flexibility index (Phi) is 4.26. The van der Waals surface area contributed by atoms with Crippen LogP contribution in [0.4, 0.5) is 5.82 Å². The highest BCUT2D eigenvalue weighted by Crippen LogP contribution is 2.25. The van der Waals surface area contributed by atoms with Crippen LogP contribution in [0, 0.1) is 11.3 Å². The lowest BCUT2D eigenvalue weighted by Crippen LogP contribution is -1.91. The zero-order valence-corrected chi connectivity index (χ0v) is 11.3. The van der Waals surface area contributed by atoms with Crippen molar-refractivity contribution in [1.82, 2.24) is 4.98 Å². The fraction of sp³-hybridized carbons (Fsp3) is 0.143. The smallest absolute Gasteiger partial charge is 0.136 e. The molecule has 0 fully saturated rings. The molecule has 0 saturated carbocycles. The number of rotatable bonds is 4. The number of nitrogens with zero attached hydrogens (tertiary/aromatic N) is 2. The zero-order valence-electron chi connectivity index (χ0n) is 10.5. The van der Waals surface area contributed by atoms with Crippen LogP contribution in [0.25, 0.3) is 0 Å². The van der Waals surface area contributed by atoms with E-state index in [1.54, 1.807) is 31.1 Å². The molecule has 4 nitrogen and oxygen atoms in total.